The summed E-state index contributed by atoms with van der Waals surface area (Å²) in [6, 6.07) is 0. The molecule has 2 nitrogen and oxygen atoms in total. The molecule has 0 aromatic rings. The van der Waals surface area contributed by atoms with Crippen LogP contribution in [0.15, 0.2) is 11.5 Å². The first-order valence-electron chi connectivity index (χ1n) is 4.67. The molecule has 0 aliphatic rings. The van der Waals surface area contributed by atoms with Gasteiger partial charge in [-0.15, -0.1) is 11.8 Å². The molecule has 76 valence electrons. The Bertz CT molecular complexity index is 155. The van der Waals surface area contributed by atoms with Crippen molar-refractivity contribution in [3.05, 3.63) is 11.5 Å². The van der Waals surface area contributed by atoms with Crippen molar-refractivity contribution in [1.29, 1.82) is 0 Å². The van der Waals surface area contributed by atoms with Crippen LogP contribution in [0, 0.1) is 0 Å². The molecule has 0 saturated carbocycles. The molecule has 0 heterocycles. The van der Waals surface area contributed by atoms with Crippen molar-refractivity contribution < 1.29 is 9.53 Å². The molecule has 0 amide bonds. The van der Waals surface area contributed by atoms with E-state index in [1.165, 1.54) is 38.9 Å². The summed E-state index contributed by atoms with van der Waals surface area (Å²) in [6.45, 7) is 2.20. The maximum Gasteiger partial charge on any atom is 0.330 e. The van der Waals surface area contributed by atoms with Gasteiger partial charge in [-0.25, -0.2) is 4.79 Å². The summed E-state index contributed by atoms with van der Waals surface area (Å²) >= 11 is 1.67. The van der Waals surface area contributed by atoms with Gasteiger partial charge in [0.05, 0.1) is 7.11 Å². The van der Waals surface area contributed by atoms with Crippen LogP contribution in [0.1, 0.15) is 32.6 Å². The Morgan fingerprint density at radius 2 is 2.15 bits per heavy atom. The number of ether oxygens (including phenoxy) is 1. The smallest absolute Gasteiger partial charge is 0.330 e. The van der Waals surface area contributed by atoms with E-state index >= 15 is 0 Å². The van der Waals surface area contributed by atoms with Crippen LogP contribution in [0.2, 0.25) is 0 Å². The highest BCUT2D eigenvalue weighted by Crippen LogP contribution is 2.08. The van der Waals surface area contributed by atoms with Crippen molar-refractivity contribution in [3.63, 3.8) is 0 Å². The number of unbranched alkanes of at least 4 members (excludes halogenated alkanes) is 3. The average Bonchev–Trinajstić information content (AvgIpc) is 2.16. The van der Waals surface area contributed by atoms with Crippen LogP contribution in [0.3, 0.4) is 0 Å². The molecule has 13 heavy (non-hydrogen) atoms. The van der Waals surface area contributed by atoms with Crippen LogP contribution < -0.4 is 0 Å². The van der Waals surface area contributed by atoms with Gasteiger partial charge in [0.1, 0.15) is 0 Å². The highest BCUT2D eigenvalue weighted by Gasteiger charge is 1.90. The summed E-state index contributed by atoms with van der Waals surface area (Å²) in [6.07, 6.45) is 6.55. The topological polar surface area (TPSA) is 26.3 Å². The van der Waals surface area contributed by atoms with Gasteiger partial charge in [0.2, 0.25) is 0 Å². The average molecular weight is 202 g/mol. The minimum atomic E-state index is -0.277. The van der Waals surface area contributed by atoms with Crippen molar-refractivity contribution in [2.45, 2.75) is 32.6 Å². The van der Waals surface area contributed by atoms with Crippen LogP contribution >= 0.6 is 11.8 Å². The van der Waals surface area contributed by atoms with Crippen LogP contribution in [0.5, 0.6) is 0 Å². The second-order valence-corrected chi connectivity index (χ2v) is 3.77. The van der Waals surface area contributed by atoms with Crippen LogP contribution in [-0.4, -0.2) is 18.8 Å². The van der Waals surface area contributed by atoms with Crippen LogP contribution in [-0.2, 0) is 9.53 Å². The monoisotopic (exact) mass is 202 g/mol. The molecule has 0 aliphatic carbocycles. The molecular formula is C10H18O2S. The Balaban J connectivity index is 3.15. The quantitative estimate of drug-likeness (QED) is 0.360. The lowest BCUT2D eigenvalue weighted by Crippen LogP contribution is -1.92. The molecule has 0 saturated heterocycles. The second-order valence-electron chi connectivity index (χ2n) is 2.76. The van der Waals surface area contributed by atoms with Crippen molar-refractivity contribution in [2.24, 2.45) is 0 Å². The molecule has 0 bridgehead atoms. The fourth-order valence-corrected chi connectivity index (χ4v) is 1.57. The predicted molar refractivity (Wildman–Crippen MR) is 57.8 cm³/mol. The number of esters is 1. The zero-order valence-corrected chi connectivity index (χ0v) is 9.23. The van der Waals surface area contributed by atoms with Gasteiger partial charge in [0.15, 0.2) is 0 Å². The van der Waals surface area contributed by atoms with Gasteiger partial charge in [0.25, 0.3) is 0 Å². The van der Waals surface area contributed by atoms with E-state index in [1.807, 2.05) is 0 Å². The molecule has 3 heteroatoms. The zero-order chi connectivity index (χ0) is 9.94. The largest absolute Gasteiger partial charge is 0.466 e. The molecule has 0 radical (unpaired) electrons. The Morgan fingerprint density at radius 3 is 2.77 bits per heavy atom. The van der Waals surface area contributed by atoms with Crippen molar-refractivity contribution in [2.75, 3.05) is 12.9 Å². The van der Waals surface area contributed by atoms with Crippen molar-refractivity contribution in [3.8, 4) is 0 Å². The van der Waals surface area contributed by atoms with E-state index in [2.05, 4.69) is 11.7 Å². The first-order valence-corrected chi connectivity index (χ1v) is 5.72. The molecule has 0 aliphatic heterocycles. The predicted octanol–water partition coefficient (Wildman–Crippen LogP) is 2.99. The Morgan fingerprint density at radius 1 is 1.38 bits per heavy atom. The van der Waals surface area contributed by atoms with E-state index in [4.69, 9.17) is 0 Å². The molecular weight excluding hydrogens is 184 g/mol. The third-order valence-electron chi connectivity index (χ3n) is 1.62. The summed E-state index contributed by atoms with van der Waals surface area (Å²) in [5, 5.41) is 1.80. The lowest BCUT2D eigenvalue weighted by molar-refractivity contribution is -0.134. The molecule has 0 N–H and O–H groups in total. The Labute approximate surface area is 84.7 Å². The molecule has 0 aromatic heterocycles. The molecule has 0 atom stereocenters. The summed E-state index contributed by atoms with van der Waals surface area (Å²) in [5.41, 5.74) is 0. The van der Waals surface area contributed by atoms with E-state index < -0.39 is 0 Å². The van der Waals surface area contributed by atoms with Gasteiger partial charge in [0, 0.05) is 6.08 Å². The van der Waals surface area contributed by atoms with Crippen molar-refractivity contribution in [1.82, 2.24) is 0 Å². The van der Waals surface area contributed by atoms with Crippen LogP contribution in [0.4, 0.5) is 0 Å². The summed E-state index contributed by atoms with van der Waals surface area (Å²) in [5.74, 6) is 0.814. The lowest BCUT2D eigenvalue weighted by atomic mass is 10.2. The maximum atomic E-state index is 10.6. The Hall–Kier alpha value is -0.440. The van der Waals surface area contributed by atoms with E-state index in [1.54, 1.807) is 17.2 Å². The number of thioether (sulfide) groups is 1. The van der Waals surface area contributed by atoms with E-state index in [-0.39, 0.29) is 5.97 Å². The first-order chi connectivity index (χ1) is 6.31. The maximum absolute atomic E-state index is 10.6. The van der Waals surface area contributed by atoms with Crippen molar-refractivity contribution >= 4 is 17.7 Å². The second kappa shape index (κ2) is 9.65. The summed E-state index contributed by atoms with van der Waals surface area (Å²) in [4.78, 5) is 10.6. The number of hydrogen-bond donors (Lipinski definition) is 0. The van der Waals surface area contributed by atoms with E-state index in [0.717, 1.165) is 5.75 Å². The SMILES string of the molecule is CCCCCCS/C=C/C(=O)OC. The number of hydrogen-bond acceptors (Lipinski definition) is 3. The highest BCUT2D eigenvalue weighted by molar-refractivity contribution is 8.02. The minimum absolute atomic E-state index is 0.277. The molecule has 0 aromatic carbocycles. The standard InChI is InChI=1S/C10H18O2S/c1-3-4-5-6-8-13-9-7-10(11)12-2/h7,9H,3-6,8H2,1-2H3/b9-7+. The normalized spacial score (nSPS) is 10.6. The third-order valence-corrected chi connectivity index (χ3v) is 2.47. The highest BCUT2D eigenvalue weighted by atomic mass is 32.2. The van der Waals surface area contributed by atoms with Gasteiger partial charge < -0.3 is 4.74 Å². The van der Waals surface area contributed by atoms with Crippen LogP contribution in [0.25, 0.3) is 0 Å². The molecule has 0 spiro atoms. The molecule has 0 unspecified atom stereocenters. The van der Waals surface area contributed by atoms with E-state index in [0.29, 0.717) is 0 Å². The first kappa shape index (κ1) is 12.6. The summed E-state index contributed by atoms with van der Waals surface area (Å²) < 4.78 is 4.46. The van der Waals surface area contributed by atoms with Gasteiger partial charge in [-0.2, -0.15) is 0 Å². The zero-order valence-electron chi connectivity index (χ0n) is 8.41. The Kier molecular flexibility index (Phi) is 9.32. The van der Waals surface area contributed by atoms with Gasteiger partial charge in [-0.3, -0.25) is 0 Å². The fraction of sp³-hybridized carbons (Fsp3) is 0.700. The van der Waals surface area contributed by atoms with Gasteiger partial charge >= 0.3 is 5.97 Å². The van der Waals surface area contributed by atoms with Gasteiger partial charge in [-0.1, -0.05) is 26.2 Å². The van der Waals surface area contributed by atoms with Gasteiger partial charge in [-0.05, 0) is 17.6 Å². The number of carbonyl (C=O) groups is 1. The fourth-order valence-electron chi connectivity index (χ4n) is 0.852. The lowest BCUT2D eigenvalue weighted by Gasteiger charge is -1.95. The third kappa shape index (κ3) is 9.47. The van der Waals surface area contributed by atoms with E-state index in [9.17, 15) is 4.79 Å². The summed E-state index contributed by atoms with van der Waals surface area (Å²) in [7, 11) is 1.39. The number of carbonyl (C=O) groups excluding carboxylic acids is 1. The number of rotatable bonds is 7. The minimum Gasteiger partial charge on any atom is -0.466 e. The number of methoxy groups -OCH3 is 1. The molecule has 0 rings (SSSR count). The molecule has 0 fully saturated rings.